The van der Waals surface area contributed by atoms with Crippen molar-refractivity contribution in [1.82, 2.24) is 5.32 Å². The zero-order chi connectivity index (χ0) is 14.5. The molecule has 0 heterocycles. The van der Waals surface area contributed by atoms with Crippen LogP contribution in [0.5, 0.6) is 11.5 Å². The number of nitrogens with one attached hydrogen (secondary N) is 1. The van der Waals surface area contributed by atoms with E-state index in [-0.39, 0.29) is 11.9 Å². The van der Waals surface area contributed by atoms with E-state index in [4.69, 9.17) is 9.47 Å². The Labute approximate surface area is 128 Å². The van der Waals surface area contributed by atoms with Crippen molar-refractivity contribution >= 4 is 21.7 Å². The van der Waals surface area contributed by atoms with Gasteiger partial charge in [0.25, 0.3) is 0 Å². The minimum Gasteiger partial charge on any atom is -0.493 e. The number of methoxy groups -OCH3 is 1. The molecule has 2 rings (SSSR count). The molecule has 0 bridgehead atoms. The minimum absolute atomic E-state index is 0.0186. The van der Waals surface area contributed by atoms with E-state index >= 15 is 0 Å². The molecule has 0 radical (unpaired) electrons. The molecule has 0 atom stereocenters. The lowest BCUT2D eigenvalue weighted by atomic mass is 10.1. The van der Waals surface area contributed by atoms with Gasteiger partial charge in [0.15, 0.2) is 17.3 Å². The first-order chi connectivity index (χ1) is 9.65. The first-order valence-corrected chi connectivity index (χ1v) is 7.67. The Kier molecular flexibility index (Phi) is 5.43. The first kappa shape index (κ1) is 15.3. The molecule has 5 heteroatoms. The van der Waals surface area contributed by atoms with Gasteiger partial charge in [0.05, 0.1) is 19.8 Å². The molecule has 0 unspecified atom stereocenters. The predicted molar refractivity (Wildman–Crippen MR) is 81.8 cm³/mol. The van der Waals surface area contributed by atoms with Gasteiger partial charge in [-0.1, -0.05) is 0 Å². The Bertz CT molecular complexity index is 484. The van der Waals surface area contributed by atoms with Crippen molar-refractivity contribution in [2.75, 3.05) is 20.7 Å². The predicted octanol–water partition coefficient (Wildman–Crippen LogP) is 3.18. The van der Waals surface area contributed by atoms with E-state index in [2.05, 4.69) is 21.2 Å². The fraction of sp³-hybridized carbons (Fsp3) is 0.533. The van der Waals surface area contributed by atoms with Gasteiger partial charge in [0.1, 0.15) is 0 Å². The van der Waals surface area contributed by atoms with Crippen molar-refractivity contribution in [3.63, 3.8) is 0 Å². The summed E-state index contributed by atoms with van der Waals surface area (Å²) in [5.41, 5.74) is 0.606. The highest BCUT2D eigenvalue weighted by Gasteiger charge is 2.20. The lowest BCUT2D eigenvalue weighted by Crippen LogP contribution is -2.19. The standard InChI is InChI=1S/C15H20BrNO3/c1-17-9-13(18)11-7-14(19-2)15(8-12(11)16)20-10-5-3-4-6-10/h7-8,10,17H,3-6,9H2,1-2H3. The molecule has 1 aliphatic rings. The zero-order valence-electron chi connectivity index (χ0n) is 11.9. The molecule has 1 aromatic carbocycles. The highest BCUT2D eigenvalue weighted by molar-refractivity contribution is 9.10. The summed E-state index contributed by atoms with van der Waals surface area (Å²) in [5, 5.41) is 2.86. The molecule has 20 heavy (non-hydrogen) atoms. The van der Waals surface area contributed by atoms with Gasteiger partial charge in [-0.15, -0.1) is 0 Å². The van der Waals surface area contributed by atoms with Crippen LogP contribution >= 0.6 is 15.9 Å². The first-order valence-electron chi connectivity index (χ1n) is 6.87. The van der Waals surface area contributed by atoms with E-state index in [0.29, 0.717) is 23.6 Å². The van der Waals surface area contributed by atoms with Crippen LogP contribution in [0.1, 0.15) is 36.0 Å². The quantitative estimate of drug-likeness (QED) is 0.807. The van der Waals surface area contributed by atoms with Crippen LogP contribution in [-0.4, -0.2) is 32.6 Å². The Balaban J connectivity index is 2.24. The molecular formula is C15H20BrNO3. The fourth-order valence-electron chi connectivity index (χ4n) is 2.44. The van der Waals surface area contributed by atoms with Crippen molar-refractivity contribution in [3.8, 4) is 11.5 Å². The lowest BCUT2D eigenvalue weighted by molar-refractivity contribution is 0.0992. The van der Waals surface area contributed by atoms with Gasteiger partial charge in [-0.2, -0.15) is 0 Å². The number of ketones is 1. The van der Waals surface area contributed by atoms with Crippen molar-refractivity contribution < 1.29 is 14.3 Å². The number of carbonyl (C=O) groups excluding carboxylic acids is 1. The minimum atomic E-state index is 0.0186. The summed E-state index contributed by atoms with van der Waals surface area (Å²) in [4.78, 5) is 12.0. The molecule has 1 saturated carbocycles. The number of hydrogen-bond donors (Lipinski definition) is 1. The lowest BCUT2D eigenvalue weighted by Gasteiger charge is -2.17. The number of carbonyl (C=O) groups is 1. The van der Waals surface area contributed by atoms with E-state index in [1.54, 1.807) is 20.2 Å². The summed E-state index contributed by atoms with van der Waals surface area (Å²) in [7, 11) is 3.34. The maximum atomic E-state index is 12.0. The summed E-state index contributed by atoms with van der Waals surface area (Å²) in [6.45, 7) is 0.296. The maximum Gasteiger partial charge on any atom is 0.177 e. The molecule has 110 valence electrons. The molecular weight excluding hydrogens is 322 g/mol. The van der Waals surface area contributed by atoms with Gasteiger partial charge >= 0.3 is 0 Å². The number of rotatable bonds is 6. The van der Waals surface area contributed by atoms with Gasteiger partial charge < -0.3 is 14.8 Å². The molecule has 1 N–H and O–H groups in total. The number of benzene rings is 1. The van der Waals surface area contributed by atoms with Gasteiger partial charge in [0, 0.05) is 10.0 Å². The van der Waals surface area contributed by atoms with Crippen LogP contribution in [0, 0.1) is 0 Å². The van der Waals surface area contributed by atoms with E-state index in [1.807, 2.05) is 6.07 Å². The van der Waals surface area contributed by atoms with Crippen LogP contribution in [0.3, 0.4) is 0 Å². The molecule has 1 aromatic rings. The summed E-state index contributed by atoms with van der Waals surface area (Å²) < 4.78 is 12.1. The van der Waals surface area contributed by atoms with Gasteiger partial charge in [-0.25, -0.2) is 0 Å². The van der Waals surface area contributed by atoms with E-state index in [0.717, 1.165) is 17.3 Å². The summed E-state index contributed by atoms with van der Waals surface area (Å²) in [6, 6.07) is 3.58. The average molecular weight is 342 g/mol. The van der Waals surface area contributed by atoms with E-state index in [1.165, 1.54) is 12.8 Å². The summed E-state index contributed by atoms with van der Waals surface area (Å²) in [6.07, 6.45) is 4.86. The zero-order valence-corrected chi connectivity index (χ0v) is 13.5. The monoisotopic (exact) mass is 341 g/mol. The van der Waals surface area contributed by atoms with Gasteiger partial charge in [0.2, 0.25) is 0 Å². The smallest absolute Gasteiger partial charge is 0.177 e. The van der Waals surface area contributed by atoms with Crippen molar-refractivity contribution in [1.29, 1.82) is 0 Å². The third kappa shape index (κ3) is 3.52. The number of hydrogen-bond acceptors (Lipinski definition) is 4. The van der Waals surface area contributed by atoms with Crippen LogP contribution in [0.25, 0.3) is 0 Å². The second-order valence-corrected chi connectivity index (χ2v) is 5.82. The molecule has 4 nitrogen and oxygen atoms in total. The number of likely N-dealkylation sites (N-methyl/N-ethyl adjacent to an activating group) is 1. The molecule has 1 fully saturated rings. The average Bonchev–Trinajstić information content (AvgIpc) is 2.92. The molecule has 1 aliphatic carbocycles. The fourth-order valence-corrected chi connectivity index (χ4v) is 2.99. The SMILES string of the molecule is CNCC(=O)c1cc(OC)c(OC2CCCC2)cc1Br. The Morgan fingerprint density at radius 1 is 1.35 bits per heavy atom. The van der Waals surface area contributed by atoms with Gasteiger partial charge in [-0.3, -0.25) is 4.79 Å². The van der Waals surface area contributed by atoms with E-state index in [9.17, 15) is 4.79 Å². The molecule has 0 aliphatic heterocycles. The van der Waals surface area contributed by atoms with Crippen LogP contribution in [0.2, 0.25) is 0 Å². The normalized spacial score (nSPS) is 15.3. The van der Waals surface area contributed by atoms with Crippen molar-refractivity contribution in [2.45, 2.75) is 31.8 Å². The van der Waals surface area contributed by atoms with Crippen LogP contribution < -0.4 is 14.8 Å². The molecule has 0 saturated heterocycles. The number of ether oxygens (including phenoxy) is 2. The molecule has 0 amide bonds. The summed E-state index contributed by atoms with van der Waals surface area (Å²) in [5.74, 6) is 1.33. The van der Waals surface area contributed by atoms with E-state index < -0.39 is 0 Å². The van der Waals surface area contributed by atoms with Crippen molar-refractivity contribution in [2.24, 2.45) is 0 Å². The maximum absolute atomic E-state index is 12.0. The van der Waals surface area contributed by atoms with Crippen LogP contribution in [0.15, 0.2) is 16.6 Å². The Hall–Kier alpha value is -1.07. The second kappa shape index (κ2) is 7.09. The highest BCUT2D eigenvalue weighted by atomic mass is 79.9. The Morgan fingerprint density at radius 3 is 2.65 bits per heavy atom. The largest absolute Gasteiger partial charge is 0.493 e. The number of halogens is 1. The third-order valence-electron chi connectivity index (χ3n) is 3.49. The summed E-state index contributed by atoms with van der Waals surface area (Å²) >= 11 is 3.45. The van der Waals surface area contributed by atoms with Crippen LogP contribution in [0.4, 0.5) is 0 Å². The van der Waals surface area contributed by atoms with Crippen LogP contribution in [-0.2, 0) is 0 Å². The third-order valence-corrected chi connectivity index (χ3v) is 4.14. The molecule has 0 spiro atoms. The second-order valence-electron chi connectivity index (χ2n) is 4.96. The Morgan fingerprint density at radius 2 is 2.05 bits per heavy atom. The van der Waals surface area contributed by atoms with Crippen molar-refractivity contribution in [3.05, 3.63) is 22.2 Å². The topological polar surface area (TPSA) is 47.6 Å². The number of Topliss-reactive ketones (excluding diaryl/α,β-unsaturated/α-hetero) is 1. The van der Waals surface area contributed by atoms with Gasteiger partial charge in [-0.05, 0) is 60.8 Å². The molecule has 0 aromatic heterocycles. The highest BCUT2D eigenvalue weighted by Crippen LogP contribution is 2.36.